The van der Waals surface area contributed by atoms with Gasteiger partial charge in [-0.25, -0.2) is 0 Å². The molecule has 2 rings (SSSR count). The normalized spacial score (nSPS) is 11.4. The highest BCUT2D eigenvalue weighted by molar-refractivity contribution is 5.91. The summed E-state index contributed by atoms with van der Waals surface area (Å²) in [6.45, 7) is 2.86. The molecule has 2 aromatic rings. The van der Waals surface area contributed by atoms with E-state index in [-0.39, 0.29) is 0 Å². The molecule has 2 N–H and O–H groups in total. The van der Waals surface area contributed by atoms with Crippen molar-refractivity contribution in [2.45, 2.75) is 13.3 Å². The molecule has 0 fully saturated rings. The predicted molar refractivity (Wildman–Crippen MR) is 71.4 cm³/mol. The Morgan fingerprint density at radius 3 is 2.75 bits per heavy atom. The van der Waals surface area contributed by atoms with Crippen LogP contribution in [0, 0.1) is 6.92 Å². The maximum absolute atomic E-state index is 5.49. The molecule has 0 aliphatic heterocycles. The van der Waals surface area contributed by atoms with Gasteiger partial charge >= 0.3 is 0 Å². The van der Waals surface area contributed by atoms with E-state index in [2.05, 4.69) is 55.5 Å². The lowest BCUT2D eigenvalue weighted by molar-refractivity contribution is 1.01. The summed E-state index contributed by atoms with van der Waals surface area (Å²) in [4.78, 5) is 0. The minimum atomic E-state index is 0.709. The largest absolute Gasteiger partial charge is 0.330 e. The number of hydrogen-bond donors (Lipinski definition) is 1. The fourth-order valence-corrected chi connectivity index (χ4v) is 1.92. The van der Waals surface area contributed by atoms with Gasteiger partial charge in [0.05, 0.1) is 0 Å². The second kappa shape index (κ2) is 4.95. The Labute approximate surface area is 96.6 Å². The standard InChI is InChI=1S/C15H17N/c1-12-9-10-13-6-2-3-8-15(13)14(12)7-4-5-11-16/h2-4,6-10H,5,11,16H2,1H3. The highest BCUT2D eigenvalue weighted by atomic mass is 14.5. The van der Waals surface area contributed by atoms with Crippen molar-refractivity contribution in [1.82, 2.24) is 0 Å². The van der Waals surface area contributed by atoms with Crippen molar-refractivity contribution in [2.75, 3.05) is 6.54 Å². The van der Waals surface area contributed by atoms with Crippen LogP contribution in [0.3, 0.4) is 0 Å². The molecule has 0 amide bonds. The first-order valence-electron chi connectivity index (χ1n) is 5.68. The molecule has 0 bridgehead atoms. The Kier molecular flexibility index (Phi) is 3.37. The second-order valence-electron chi connectivity index (χ2n) is 4.00. The van der Waals surface area contributed by atoms with E-state index in [1.54, 1.807) is 0 Å². The SMILES string of the molecule is Cc1ccc2ccccc2c1C=CCCN. The summed E-state index contributed by atoms with van der Waals surface area (Å²) < 4.78 is 0. The number of fused-ring (bicyclic) bond motifs is 1. The van der Waals surface area contributed by atoms with Crippen molar-refractivity contribution in [1.29, 1.82) is 0 Å². The zero-order valence-electron chi connectivity index (χ0n) is 9.61. The van der Waals surface area contributed by atoms with Crippen molar-refractivity contribution in [2.24, 2.45) is 5.73 Å². The molecule has 82 valence electrons. The summed E-state index contributed by atoms with van der Waals surface area (Å²) in [5.74, 6) is 0. The Bertz CT molecular complexity index is 512. The molecule has 1 heteroatoms. The molecular formula is C15H17N. The van der Waals surface area contributed by atoms with E-state index in [1.165, 1.54) is 21.9 Å². The van der Waals surface area contributed by atoms with Crippen LogP contribution in [-0.4, -0.2) is 6.54 Å². The average Bonchev–Trinajstić information content (AvgIpc) is 2.32. The topological polar surface area (TPSA) is 26.0 Å². The van der Waals surface area contributed by atoms with E-state index in [0.717, 1.165) is 6.42 Å². The van der Waals surface area contributed by atoms with Crippen molar-refractivity contribution < 1.29 is 0 Å². The molecule has 0 heterocycles. The van der Waals surface area contributed by atoms with E-state index in [4.69, 9.17) is 5.73 Å². The van der Waals surface area contributed by atoms with Gasteiger partial charge in [0.15, 0.2) is 0 Å². The van der Waals surface area contributed by atoms with Crippen LogP contribution in [-0.2, 0) is 0 Å². The maximum Gasteiger partial charge on any atom is -0.00425 e. The average molecular weight is 211 g/mol. The number of rotatable bonds is 3. The molecule has 2 aromatic carbocycles. The van der Waals surface area contributed by atoms with Crippen molar-refractivity contribution >= 4 is 16.8 Å². The summed E-state index contributed by atoms with van der Waals surface area (Å²) in [5, 5.41) is 2.61. The van der Waals surface area contributed by atoms with Gasteiger partial charge < -0.3 is 5.73 Å². The van der Waals surface area contributed by atoms with E-state index in [1.807, 2.05) is 0 Å². The zero-order valence-corrected chi connectivity index (χ0v) is 9.61. The van der Waals surface area contributed by atoms with Gasteiger partial charge in [-0.05, 0) is 41.8 Å². The highest BCUT2D eigenvalue weighted by Crippen LogP contribution is 2.23. The number of hydrogen-bond acceptors (Lipinski definition) is 1. The van der Waals surface area contributed by atoms with Gasteiger partial charge in [-0.3, -0.25) is 0 Å². The first-order valence-corrected chi connectivity index (χ1v) is 5.68. The molecular weight excluding hydrogens is 194 g/mol. The summed E-state index contributed by atoms with van der Waals surface area (Å²) in [5.41, 5.74) is 8.12. The molecule has 0 radical (unpaired) electrons. The molecule has 0 spiro atoms. The fraction of sp³-hybridized carbons (Fsp3) is 0.200. The molecule has 16 heavy (non-hydrogen) atoms. The Morgan fingerprint density at radius 1 is 1.12 bits per heavy atom. The number of benzene rings is 2. The third-order valence-electron chi connectivity index (χ3n) is 2.81. The first-order chi connectivity index (χ1) is 7.83. The van der Waals surface area contributed by atoms with Gasteiger partial charge in [0, 0.05) is 0 Å². The van der Waals surface area contributed by atoms with Crippen molar-refractivity contribution in [3.05, 3.63) is 53.6 Å². The van der Waals surface area contributed by atoms with E-state index in [9.17, 15) is 0 Å². The molecule has 0 aliphatic carbocycles. The zero-order chi connectivity index (χ0) is 11.4. The third kappa shape index (κ3) is 2.15. The van der Waals surface area contributed by atoms with Gasteiger partial charge in [0.25, 0.3) is 0 Å². The lowest BCUT2D eigenvalue weighted by atomic mass is 9.99. The second-order valence-corrected chi connectivity index (χ2v) is 4.00. The van der Waals surface area contributed by atoms with E-state index < -0.39 is 0 Å². The van der Waals surface area contributed by atoms with Gasteiger partial charge in [-0.15, -0.1) is 0 Å². The van der Waals surface area contributed by atoms with E-state index >= 15 is 0 Å². The van der Waals surface area contributed by atoms with Gasteiger partial charge in [-0.2, -0.15) is 0 Å². The summed E-state index contributed by atoms with van der Waals surface area (Å²) in [6, 6.07) is 12.8. The highest BCUT2D eigenvalue weighted by Gasteiger charge is 2.00. The summed E-state index contributed by atoms with van der Waals surface area (Å²) in [6.07, 6.45) is 5.27. The fourth-order valence-electron chi connectivity index (χ4n) is 1.92. The van der Waals surface area contributed by atoms with Crippen LogP contribution in [0.2, 0.25) is 0 Å². The van der Waals surface area contributed by atoms with E-state index in [0.29, 0.717) is 6.54 Å². The van der Waals surface area contributed by atoms with Crippen molar-refractivity contribution in [3.8, 4) is 0 Å². The molecule has 0 aliphatic rings. The van der Waals surface area contributed by atoms with Gasteiger partial charge in [-0.1, -0.05) is 48.6 Å². The van der Waals surface area contributed by atoms with Crippen LogP contribution in [0.15, 0.2) is 42.5 Å². The van der Waals surface area contributed by atoms with Crippen molar-refractivity contribution in [3.63, 3.8) is 0 Å². The maximum atomic E-state index is 5.49. The minimum Gasteiger partial charge on any atom is -0.330 e. The molecule has 0 saturated heterocycles. The van der Waals surface area contributed by atoms with Crippen LogP contribution in [0.4, 0.5) is 0 Å². The Balaban J connectivity index is 2.52. The smallest absolute Gasteiger partial charge is 0.00425 e. The molecule has 0 aromatic heterocycles. The molecule has 1 nitrogen and oxygen atoms in total. The van der Waals surface area contributed by atoms with Crippen LogP contribution >= 0.6 is 0 Å². The number of nitrogens with two attached hydrogens (primary N) is 1. The number of aryl methyl sites for hydroxylation is 1. The quantitative estimate of drug-likeness (QED) is 0.826. The molecule has 0 saturated carbocycles. The van der Waals surface area contributed by atoms with Crippen LogP contribution in [0.1, 0.15) is 17.5 Å². The lowest BCUT2D eigenvalue weighted by Crippen LogP contribution is -1.95. The third-order valence-corrected chi connectivity index (χ3v) is 2.81. The molecule has 0 unspecified atom stereocenters. The monoisotopic (exact) mass is 211 g/mol. The Hall–Kier alpha value is -1.60. The molecule has 0 atom stereocenters. The predicted octanol–water partition coefficient (Wildman–Crippen LogP) is 3.51. The van der Waals surface area contributed by atoms with Crippen LogP contribution in [0.25, 0.3) is 16.8 Å². The van der Waals surface area contributed by atoms with Crippen LogP contribution < -0.4 is 5.73 Å². The van der Waals surface area contributed by atoms with Gasteiger partial charge in [0.2, 0.25) is 0 Å². The first kappa shape index (κ1) is 10.9. The van der Waals surface area contributed by atoms with Crippen LogP contribution in [0.5, 0.6) is 0 Å². The minimum absolute atomic E-state index is 0.709. The lowest BCUT2D eigenvalue weighted by Gasteiger charge is -2.06. The summed E-state index contributed by atoms with van der Waals surface area (Å²) in [7, 11) is 0. The van der Waals surface area contributed by atoms with Gasteiger partial charge in [0.1, 0.15) is 0 Å². The Morgan fingerprint density at radius 2 is 1.94 bits per heavy atom. The summed E-state index contributed by atoms with van der Waals surface area (Å²) >= 11 is 0.